The molecular formula is C7H9O2S. The van der Waals surface area contributed by atoms with Gasteiger partial charge >= 0.3 is 0 Å². The Labute approximate surface area is 64.4 Å². The van der Waals surface area contributed by atoms with Gasteiger partial charge in [0.15, 0.2) is 5.06 Å². The van der Waals surface area contributed by atoms with Gasteiger partial charge in [-0.2, -0.15) is 0 Å². The normalized spacial score (nSPS) is 9.70. The van der Waals surface area contributed by atoms with E-state index in [9.17, 15) is 0 Å². The van der Waals surface area contributed by atoms with Gasteiger partial charge in [-0.15, -0.1) is 11.3 Å². The predicted molar refractivity (Wildman–Crippen MR) is 41.1 cm³/mol. The Kier molecular flexibility index (Phi) is 3.26. The Balaban J connectivity index is 2.15. The second-order valence-electron chi connectivity index (χ2n) is 1.69. The molecule has 0 bridgehead atoms. The molecule has 0 aliphatic carbocycles. The molecule has 0 unspecified atom stereocenters. The molecule has 0 N–H and O–H groups in total. The van der Waals surface area contributed by atoms with Crippen molar-refractivity contribution in [2.75, 3.05) is 13.2 Å². The van der Waals surface area contributed by atoms with E-state index in [4.69, 9.17) is 4.74 Å². The molecule has 0 atom stereocenters. The molecule has 55 valence electrons. The lowest BCUT2D eigenvalue weighted by atomic mass is 10.6. The van der Waals surface area contributed by atoms with Crippen LogP contribution in [0.1, 0.15) is 0 Å². The maximum atomic E-state index is 5.24. The number of rotatable bonds is 4. The molecule has 0 spiro atoms. The van der Waals surface area contributed by atoms with Crippen LogP contribution in [0.2, 0.25) is 0 Å². The first-order valence-corrected chi connectivity index (χ1v) is 3.84. The summed E-state index contributed by atoms with van der Waals surface area (Å²) < 4.78 is 9.81. The molecule has 0 saturated carbocycles. The topological polar surface area (TPSA) is 18.5 Å². The Morgan fingerprint density at radius 1 is 1.50 bits per heavy atom. The fourth-order valence-electron chi connectivity index (χ4n) is 0.547. The lowest BCUT2D eigenvalue weighted by Gasteiger charge is -1.99. The van der Waals surface area contributed by atoms with E-state index in [1.54, 1.807) is 11.3 Å². The minimum atomic E-state index is 0.540. The summed E-state index contributed by atoms with van der Waals surface area (Å²) in [6, 6.07) is 3.87. The van der Waals surface area contributed by atoms with Gasteiger partial charge in [0.25, 0.3) is 0 Å². The summed E-state index contributed by atoms with van der Waals surface area (Å²) in [5, 5.41) is 2.90. The van der Waals surface area contributed by atoms with Crippen molar-refractivity contribution >= 4 is 11.3 Å². The maximum absolute atomic E-state index is 5.24. The smallest absolute Gasteiger partial charge is 0.173 e. The predicted octanol–water partition coefficient (Wildman–Crippen LogP) is 1.94. The average molecular weight is 157 g/mol. The minimum absolute atomic E-state index is 0.540. The molecule has 1 rings (SSSR count). The van der Waals surface area contributed by atoms with Gasteiger partial charge in [0.05, 0.1) is 13.7 Å². The van der Waals surface area contributed by atoms with Crippen LogP contribution in [-0.4, -0.2) is 13.2 Å². The van der Waals surface area contributed by atoms with Gasteiger partial charge in [-0.3, -0.25) is 0 Å². The highest BCUT2D eigenvalue weighted by molar-refractivity contribution is 7.11. The summed E-state index contributed by atoms with van der Waals surface area (Å²) >= 11 is 1.58. The third kappa shape index (κ3) is 2.37. The second-order valence-corrected chi connectivity index (χ2v) is 2.60. The van der Waals surface area contributed by atoms with Crippen LogP contribution in [0.3, 0.4) is 0 Å². The van der Waals surface area contributed by atoms with Crippen molar-refractivity contribution in [1.29, 1.82) is 0 Å². The van der Waals surface area contributed by atoms with Gasteiger partial charge in [-0.25, -0.2) is 0 Å². The first-order valence-electron chi connectivity index (χ1n) is 2.97. The Hall–Kier alpha value is -0.540. The summed E-state index contributed by atoms with van der Waals surface area (Å²) in [7, 11) is 3.23. The van der Waals surface area contributed by atoms with Crippen molar-refractivity contribution in [3.8, 4) is 5.06 Å². The number of ether oxygens (including phenoxy) is 2. The van der Waals surface area contributed by atoms with E-state index in [0.29, 0.717) is 13.2 Å². The van der Waals surface area contributed by atoms with Crippen LogP contribution >= 0.6 is 11.3 Å². The Morgan fingerprint density at radius 2 is 2.40 bits per heavy atom. The zero-order valence-corrected chi connectivity index (χ0v) is 6.39. The van der Waals surface area contributed by atoms with Gasteiger partial charge in [-0.05, 0) is 17.5 Å². The highest BCUT2D eigenvalue weighted by Gasteiger charge is 1.90. The largest absolute Gasteiger partial charge is 0.482 e. The maximum Gasteiger partial charge on any atom is 0.173 e. The molecule has 10 heavy (non-hydrogen) atoms. The first kappa shape index (κ1) is 7.57. The molecule has 0 aromatic carbocycles. The Bertz CT molecular complexity index is 160. The van der Waals surface area contributed by atoms with Crippen LogP contribution < -0.4 is 4.74 Å². The SMILES string of the molecule is [CH2]OCCOc1cccs1. The van der Waals surface area contributed by atoms with E-state index in [1.165, 1.54) is 0 Å². The van der Waals surface area contributed by atoms with Crippen molar-refractivity contribution in [2.45, 2.75) is 0 Å². The van der Waals surface area contributed by atoms with E-state index >= 15 is 0 Å². The van der Waals surface area contributed by atoms with Crippen molar-refractivity contribution < 1.29 is 9.47 Å². The molecule has 1 aromatic rings. The van der Waals surface area contributed by atoms with Gasteiger partial charge in [-0.1, -0.05) is 0 Å². The van der Waals surface area contributed by atoms with Gasteiger partial charge in [0.1, 0.15) is 6.61 Å². The lowest BCUT2D eigenvalue weighted by molar-refractivity contribution is 0.177. The molecule has 0 aliphatic heterocycles. The van der Waals surface area contributed by atoms with E-state index in [-0.39, 0.29) is 0 Å². The number of thiophene rings is 1. The highest BCUT2D eigenvalue weighted by Crippen LogP contribution is 2.17. The van der Waals surface area contributed by atoms with Crippen LogP contribution in [0, 0.1) is 7.11 Å². The quantitative estimate of drug-likeness (QED) is 0.622. The van der Waals surface area contributed by atoms with Crippen molar-refractivity contribution in [1.82, 2.24) is 0 Å². The van der Waals surface area contributed by atoms with Crippen molar-refractivity contribution in [3.05, 3.63) is 24.6 Å². The molecule has 0 amide bonds. The van der Waals surface area contributed by atoms with E-state index < -0.39 is 0 Å². The van der Waals surface area contributed by atoms with Crippen molar-refractivity contribution in [3.63, 3.8) is 0 Å². The number of hydrogen-bond donors (Lipinski definition) is 0. The van der Waals surface area contributed by atoms with E-state index in [0.717, 1.165) is 5.06 Å². The first-order chi connectivity index (χ1) is 4.93. The zero-order valence-electron chi connectivity index (χ0n) is 5.58. The number of hydrogen-bond acceptors (Lipinski definition) is 3. The fourth-order valence-corrected chi connectivity index (χ4v) is 1.15. The third-order valence-corrected chi connectivity index (χ3v) is 1.75. The Morgan fingerprint density at radius 3 is 3.00 bits per heavy atom. The summed E-state index contributed by atoms with van der Waals surface area (Å²) in [6.07, 6.45) is 0. The summed E-state index contributed by atoms with van der Waals surface area (Å²) in [6.45, 7) is 1.11. The van der Waals surface area contributed by atoms with Gasteiger partial charge in [0, 0.05) is 0 Å². The monoisotopic (exact) mass is 157 g/mol. The van der Waals surface area contributed by atoms with Gasteiger partial charge < -0.3 is 9.47 Å². The molecule has 1 radical (unpaired) electrons. The second kappa shape index (κ2) is 4.30. The van der Waals surface area contributed by atoms with Crippen LogP contribution in [0.5, 0.6) is 5.06 Å². The lowest BCUT2D eigenvalue weighted by Crippen LogP contribution is -2.01. The van der Waals surface area contributed by atoms with Crippen LogP contribution in [0.15, 0.2) is 17.5 Å². The summed E-state index contributed by atoms with van der Waals surface area (Å²) in [5.41, 5.74) is 0. The molecule has 1 heterocycles. The highest BCUT2D eigenvalue weighted by atomic mass is 32.1. The molecule has 1 aromatic heterocycles. The molecule has 2 nitrogen and oxygen atoms in total. The molecular weight excluding hydrogens is 148 g/mol. The average Bonchev–Trinajstić information content (AvgIpc) is 2.41. The standard InChI is InChI=1S/C7H9O2S/c1-8-4-5-9-7-3-2-6-10-7/h2-3,6H,1,4-5H2. The van der Waals surface area contributed by atoms with Crippen LogP contribution in [0.25, 0.3) is 0 Å². The van der Waals surface area contributed by atoms with E-state index in [2.05, 4.69) is 11.8 Å². The fraction of sp³-hybridized carbons (Fsp3) is 0.286. The van der Waals surface area contributed by atoms with Gasteiger partial charge in [0.2, 0.25) is 0 Å². The molecule has 0 fully saturated rings. The molecule has 0 saturated heterocycles. The molecule has 0 aliphatic rings. The molecule has 3 heteroatoms. The van der Waals surface area contributed by atoms with Crippen LogP contribution in [-0.2, 0) is 4.74 Å². The minimum Gasteiger partial charge on any atom is -0.482 e. The van der Waals surface area contributed by atoms with Crippen LogP contribution in [0.4, 0.5) is 0 Å². The van der Waals surface area contributed by atoms with E-state index in [1.807, 2.05) is 17.5 Å². The zero-order chi connectivity index (χ0) is 7.23. The van der Waals surface area contributed by atoms with Crippen molar-refractivity contribution in [2.24, 2.45) is 0 Å². The third-order valence-electron chi connectivity index (χ3n) is 0.967. The summed E-state index contributed by atoms with van der Waals surface area (Å²) in [4.78, 5) is 0. The summed E-state index contributed by atoms with van der Waals surface area (Å²) in [5.74, 6) is 0.